The Morgan fingerprint density at radius 2 is 1.59 bits per heavy atom. The van der Waals surface area contributed by atoms with Crippen LogP contribution in [0.25, 0.3) is 0 Å². The molecule has 0 aliphatic rings. The largest absolute Gasteiger partial charge is 0.398 e. The Hall–Kier alpha value is -1.84. The predicted molar refractivity (Wildman–Crippen MR) is 129 cm³/mol. The van der Waals surface area contributed by atoms with Crippen molar-refractivity contribution in [1.82, 2.24) is 9.80 Å². The highest BCUT2D eigenvalue weighted by molar-refractivity contribution is 7.96. The first-order chi connectivity index (χ1) is 13.2. The molecule has 1 aromatic rings. The Morgan fingerprint density at radius 3 is 2.00 bits per heavy atom. The molecule has 10 heteroatoms. The van der Waals surface area contributed by atoms with Gasteiger partial charge in [-0.2, -0.15) is 4.99 Å². The van der Waals surface area contributed by atoms with Gasteiger partial charge in [0.15, 0.2) is 5.78 Å². The van der Waals surface area contributed by atoms with Crippen molar-refractivity contribution in [2.24, 2.45) is 10.7 Å². The first-order valence-corrected chi connectivity index (χ1v) is 9.95. The average Bonchev–Trinajstić information content (AvgIpc) is 2.63. The van der Waals surface area contributed by atoms with E-state index in [1.165, 1.54) is 0 Å². The summed E-state index contributed by atoms with van der Waals surface area (Å²) in [5.74, 6) is 0.0102. The van der Waals surface area contributed by atoms with Crippen molar-refractivity contribution < 1.29 is 14.3 Å². The van der Waals surface area contributed by atoms with Crippen molar-refractivity contribution in [3.63, 3.8) is 0 Å². The van der Waals surface area contributed by atoms with Crippen LogP contribution in [0.2, 0.25) is 0 Å². The van der Waals surface area contributed by atoms with Gasteiger partial charge in [-0.15, -0.1) is 12.4 Å². The van der Waals surface area contributed by atoms with Crippen molar-refractivity contribution in [3.8, 4) is 0 Å². The SMILES string of the molecule is CCN(CC)C(=S)OC(=Nc1cccc(C(C)=O)c1)N(CC)CC.Cl.NC(=O)S. The van der Waals surface area contributed by atoms with Crippen molar-refractivity contribution in [2.45, 2.75) is 34.6 Å². The minimum Gasteiger partial charge on any atom is -0.398 e. The maximum absolute atomic E-state index is 11.6. The summed E-state index contributed by atoms with van der Waals surface area (Å²) in [6, 6.07) is 7.66. The Bertz CT molecular complexity index is 690. The molecule has 7 nitrogen and oxygen atoms in total. The van der Waals surface area contributed by atoms with Crippen molar-refractivity contribution in [3.05, 3.63) is 29.8 Å². The molecule has 1 rings (SSSR count). The maximum atomic E-state index is 11.6. The van der Waals surface area contributed by atoms with Gasteiger partial charge in [0.2, 0.25) is 0 Å². The second kappa shape index (κ2) is 16.0. The van der Waals surface area contributed by atoms with E-state index in [2.05, 4.69) is 23.4 Å². The van der Waals surface area contributed by atoms with Crippen LogP contribution in [0.4, 0.5) is 10.5 Å². The third-order valence-corrected chi connectivity index (χ3v) is 4.05. The normalized spacial score (nSPS) is 10.1. The number of ether oxygens (including phenoxy) is 1. The molecule has 0 aromatic heterocycles. The summed E-state index contributed by atoms with van der Waals surface area (Å²) >= 11 is 8.50. The molecule has 0 heterocycles. The Morgan fingerprint density at radius 1 is 1.10 bits per heavy atom. The van der Waals surface area contributed by atoms with Crippen LogP contribution < -0.4 is 5.73 Å². The number of hydrogen-bond donors (Lipinski definition) is 2. The fourth-order valence-corrected chi connectivity index (χ4v) is 2.51. The van der Waals surface area contributed by atoms with Gasteiger partial charge in [0, 0.05) is 31.7 Å². The summed E-state index contributed by atoms with van der Waals surface area (Å²) in [4.78, 5) is 29.2. The molecule has 0 unspecified atom stereocenters. The Balaban J connectivity index is 0. The summed E-state index contributed by atoms with van der Waals surface area (Å²) in [6.07, 6.45) is 0. The van der Waals surface area contributed by atoms with E-state index >= 15 is 0 Å². The van der Waals surface area contributed by atoms with Gasteiger partial charge >= 0.3 is 0 Å². The highest BCUT2D eigenvalue weighted by atomic mass is 35.5. The second-order valence-electron chi connectivity index (χ2n) is 5.55. The summed E-state index contributed by atoms with van der Waals surface area (Å²) in [7, 11) is 0. The molecule has 0 atom stereocenters. The fourth-order valence-electron chi connectivity index (χ4n) is 2.18. The second-order valence-corrected chi connectivity index (χ2v) is 6.34. The van der Waals surface area contributed by atoms with Gasteiger partial charge in [-0.05, 0) is 59.0 Å². The molecule has 0 aliphatic heterocycles. The first-order valence-electron chi connectivity index (χ1n) is 9.09. The van der Waals surface area contributed by atoms with Crippen LogP contribution in [-0.4, -0.2) is 58.2 Å². The van der Waals surface area contributed by atoms with Gasteiger partial charge < -0.3 is 20.3 Å². The molecule has 0 fully saturated rings. The quantitative estimate of drug-likeness (QED) is 0.216. The van der Waals surface area contributed by atoms with Crippen LogP contribution in [0.15, 0.2) is 29.3 Å². The molecule has 1 amide bonds. The molecule has 29 heavy (non-hydrogen) atoms. The predicted octanol–water partition coefficient (Wildman–Crippen LogP) is 4.28. The van der Waals surface area contributed by atoms with Crippen LogP contribution in [0.3, 0.4) is 0 Å². The molecule has 0 spiro atoms. The zero-order chi connectivity index (χ0) is 21.7. The summed E-state index contributed by atoms with van der Waals surface area (Å²) < 4.78 is 5.89. The lowest BCUT2D eigenvalue weighted by molar-refractivity contribution is 0.101. The van der Waals surface area contributed by atoms with Crippen LogP contribution in [-0.2, 0) is 4.74 Å². The number of halogens is 1. The van der Waals surface area contributed by atoms with E-state index in [4.69, 9.17) is 21.7 Å². The van der Waals surface area contributed by atoms with E-state index in [1.807, 2.05) is 49.6 Å². The van der Waals surface area contributed by atoms with E-state index < -0.39 is 5.24 Å². The lowest BCUT2D eigenvalue weighted by Crippen LogP contribution is -2.39. The molecule has 0 saturated carbocycles. The summed E-state index contributed by atoms with van der Waals surface area (Å²) in [6.45, 7) is 12.7. The molecular formula is C19H31ClN4O3S2. The first kappa shape index (κ1) is 29.4. The maximum Gasteiger partial charge on any atom is 0.300 e. The monoisotopic (exact) mass is 462 g/mol. The third kappa shape index (κ3) is 11.7. The number of hydrogen-bond acceptors (Lipinski definition) is 5. The Labute approximate surface area is 190 Å². The van der Waals surface area contributed by atoms with Crippen molar-refractivity contribution >= 4 is 65.2 Å². The minimum atomic E-state index is -0.639. The van der Waals surface area contributed by atoms with Crippen LogP contribution in [0.5, 0.6) is 0 Å². The van der Waals surface area contributed by atoms with Gasteiger partial charge in [0.25, 0.3) is 16.4 Å². The van der Waals surface area contributed by atoms with E-state index in [1.54, 1.807) is 19.1 Å². The number of ketones is 1. The zero-order valence-corrected chi connectivity index (χ0v) is 20.1. The lowest BCUT2D eigenvalue weighted by atomic mass is 10.1. The molecule has 164 valence electrons. The van der Waals surface area contributed by atoms with Gasteiger partial charge in [0.05, 0.1) is 5.69 Å². The molecular weight excluding hydrogens is 432 g/mol. The highest BCUT2D eigenvalue weighted by Gasteiger charge is 2.16. The number of Topliss-reactive ketones (excluding diaryl/α,β-unsaturated/α-hetero) is 1. The van der Waals surface area contributed by atoms with E-state index in [-0.39, 0.29) is 18.2 Å². The topological polar surface area (TPSA) is 88.2 Å². The smallest absolute Gasteiger partial charge is 0.300 e. The average molecular weight is 463 g/mol. The standard InChI is InChI=1S/C18H27N3O2S.CH3NOS.ClH/c1-6-20(7-2)17(23-18(24)21(8-3)9-4)19-16-12-10-11-15(13-16)14(5)22;2-1(3)4;/h10-13H,6-9H2,1-5H3;(H3,2,3,4);1H. The molecule has 0 aliphatic carbocycles. The van der Waals surface area contributed by atoms with Crippen molar-refractivity contribution in [2.75, 3.05) is 26.2 Å². The molecule has 0 radical (unpaired) electrons. The third-order valence-electron chi connectivity index (χ3n) is 3.71. The number of thiol groups is 1. The number of primary amides is 1. The summed E-state index contributed by atoms with van der Waals surface area (Å²) in [5, 5.41) is -0.228. The lowest BCUT2D eigenvalue weighted by Gasteiger charge is -2.26. The number of nitrogens with two attached hydrogens (primary N) is 1. The number of amidine groups is 1. The number of carbonyl (C=O) groups excluding carboxylic acids is 2. The van der Waals surface area contributed by atoms with Gasteiger partial charge in [-0.1, -0.05) is 24.8 Å². The Kier molecular flexibility index (Phi) is 16.2. The number of amides is 1. The van der Waals surface area contributed by atoms with Crippen molar-refractivity contribution in [1.29, 1.82) is 0 Å². The van der Waals surface area contributed by atoms with E-state index in [9.17, 15) is 4.79 Å². The molecule has 0 bridgehead atoms. The van der Waals surface area contributed by atoms with Crippen LogP contribution in [0, 0.1) is 0 Å². The number of rotatable bonds is 6. The number of nitrogens with zero attached hydrogens (tertiary/aromatic N) is 3. The number of aliphatic imine (C=N–C) groups is 1. The molecule has 1 aromatic carbocycles. The van der Waals surface area contributed by atoms with Gasteiger partial charge in [0.1, 0.15) is 0 Å². The van der Waals surface area contributed by atoms with E-state index in [0.717, 1.165) is 26.2 Å². The minimum absolute atomic E-state index is 0. The molecule has 0 saturated heterocycles. The van der Waals surface area contributed by atoms with E-state index in [0.29, 0.717) is 22.4 Å². The fraction of sp³-hybridized carbons (Fsp3) is 0.474. The molecule has 2 N–H and O–H groups in total. The van der Waals surface area contributed by atoms with Gasteiger partial charge in [-0.25, -0.2) is 0 Å². The highest BCUT2D eigenvalue weighted by Crippen LogP contribution is 2.16. The van der Waals surface area contributed by atoms with Crippen LogP contribution in [0.1, 0.15) is 45.0 Å². The van der Waals surface area contributed by atoms with Gasteiger partial charge in [-0.3, -0.25) is 9.59 Å². The number of thiocarbonyl (C=S) groups is 1. The zero-order valence-electron chi connectivity index (χ0n) is 17.5. The number of benzene rings is 1. The number of carbonyl (C=O) groups is 2. The van der Waals surface area contributed by atoms with Crippen LogP contribution >= 0.6 is 37.3 Å². The summed E-state index contributed by atoms with van der Waals surface area (Å²) in [5.41, 5.74) is 5.64.